The van der Waals surface area contributed by atoms with Crippen LogP contribution in [0.25, 0.3) is 22.2 Å². The van der Waals surface area contributed by atoms with Gasteiger partial charge in [0.2, 0.25) is 5.91 Å². The fourth-order valence-electron chi connectivity index (χ4n) is 3.66. The van der Waals surface area contributed by atoms with Gasteiger partial charge in [0.15, 0.2) is 0 Å². The number of hydrogen-bond acceptors (Lipinski definition) is 2. The molecule has 0 radical (unpaired) electrons. The summed E-state index contributed by atoms with van der Waals surface area (Å²) in [5.74, 6) is 1.04. The van der Waals surface area contributed by atoms with Crippen LogP contribution in [0.2, 0.25) is 0 Å². The number of para-hydroxylation sites is 1. The van der Waals surface area contributed by atoms with Crippen LogP contribution in [0.15, 0.2) is 48.5 Å². The third kappa shape index (κ3) is 2.26. The lowest BCUT2D eigenvalue weighted by atomic mass is 9.97. The minimum absolute atomic E-state index is 0.106. The van der Waals surface area contributed by atoms with Crippen molar-refractivity contribution < 1.29 is 9.53 Å². The van der Waals surface area contributed by atoms with Crippen molar-refractivity contribution in [3.05, 3.63) is 54.1 Å². The average Bonchev–Trinajstić information content (AvgIpc) is 3.16. The SMILES string of the molecule is COc1cccc(-c2[nH]c3ccccc3c2[C@@H]2CCC(=O)N2C)c1. The number of carbonyl (C=O) groups excluding carboxylic acids is 1. The van der Waals surface area contributed by atoms with Crippen molar-refractivity contribution >= 4 is 16.8 Å². The zero-order chi connectivity index (χ0) is 16.7. The zero-order valence-electron chi connectivity index (χ0n) is 13.9. The molecule has 1 aliphatic rings. The molecule has 0 saturated carbocycles. The molecule has 1 aromatic heterocycles. The van der Waals surface area contributed by atoms with Crippen molar-refractivity contribution in [3.8, 4) is 17.0 Å². The minimum Gasteiger partial charge on any atom is -0.497 e. The van der Waals surface area contributed by atoms with Gasteiger partial charge in [0, 0.05) is 35.5 Å². The molecule has 24 heavy (non-hydrogen) atoms. The summed E-state index contributed by atoms with van der Waals surface area (Å²) >= 11 is 0. The largest absolute Gasteiger partial charge is 0.497 e. The fourth-order valence-corrected chi connectivity index (χ4v) is 3.66. The lowest BCUT2D eigenvalue weighted by Crippen LogP contribution is -2.22. The predicted molar refractivity (Wildman–Crippen MR) is 95.0 cm³/mol. The van der Waals surface area contributed by atoms with Crippen LogP contribution < -0.4 is 4.74 Å². The topological polar surface area (TPSA) is 45.3 Å². The Kier molecular flexibility index (Phi) is 3.53. The van der Waals surface area contributed by atoms with Gasteiger partial charge in [-0.2, -0.15) is 0 Å². The maximum absolute atomic E-state index is 12.1. The van der Waals surface area contributed by atoms with E-state index < -0.39 is 0 Å². The van der Waals surface area contributed by atoms with E-state index in [9.17, 15) is 4.79 Å². The Labute approximate surface area is 141 Å². The number of hydrogen-bond donors (Lipinski definition) is 1. The Morgan fingerprint density at radius 2 is 2.00 bits per heavy atom. The van der Waals surface area contributed by atoms with Gasteiger partial charge < -0.3 is 14.6 Å². The van der Waals surface area contributed by atoms with E-state index in [-0.39, 0.29) is 11.9 Å². The molecule has 1 N–H and O–H groups in total. The molecule has 122 valence electrons. The summed E-state index contributed by atoms with van der Waals surface area (Å²) in [6, 6.07) is 16.4. The highest BCUT2D eigenvalue weighted by Gasteiger charge is 2.33. The molecule has 1 saturated heterocycles. The Morgan fingerprint density at radius 3 is 2.75 bits per heavy atom. The quantitative estimate of drug-likeness (QED) is 0.788. The third-order valence-electron chi connectivity index (χ3n) is 4.93. The molecule has 4 heteroatoms. The van der Waals surface area contributed by atoms with Crippen LogP contribution in [-0.4, -0.2) is 29.9 Å². The van der Waals surface area contributed by atoms with E-state index in [1.165, 1.54) is 10.9 Å². The number of methoxy groups -OCH3 is 1. The molecule has 3 aromatic rings. The van der Waals surface area contributed by atoms with Gasteiger partial charge in [0.05, 0.1) is 18.8 Å². The van der Waals surface area contributed by atoms with Gasteiger partial charge in [-0.25, -0.2) is 0 Å². The summed E-state index contributed by atoms with van der Waals surface area (Å²) in [6.45, 7) is 0. The Bertz CT molecular complexity index is 913. The first-order chi connectivity index (χ1) is 11.7. The third-order valence-corrected chi connectivity index (χ3v) is 4.93. The first-order valence-corrected chi connectivity index (χ1v) is 8.19. The maximum Gasteiger partial charge on any atom is 0.222 e. The summed E-state index contributed by atoms with van der Waals surface area (Å²) in [5, 5.41) is 1.18. The normalized spacial score (nSPS) is 17.7. The number of nitrogens with zero attached hydrogens (tertiary/aromatic N) is 1. The molecule has 0 unspecified atom stereocenters. The number of aromatic nitrogens is 1. The van der Waals surface area contributed by atoms with Gasteiger partial charge in [-0.05, 0) is 24.6 Å². The Balaban J connectivity index is 1.95. The number of nitrogens with one attached hydrogen (secondary N) is 1. The van der Waals surface area contributed by atoms with E-state index in [4.69, 9.17) is 4.74 Å². The Hall–Kier alpha value is -2.75. The molecular formula is C20H20N2O2. The van der Waals surface area contributed by atoms with E-state index in [1.54, 1.807) is 7.11 Å². The van der Waals surface area contributed by atoms with Crippen LogP contribution in [-0.2, 0) is 4.79 Å². The van der Waals surface area contributed by atoms with Crippen molar-refractivity contribution in [1.29, 1.82) is 0 Å². The standard InChI is InChI=1S/C20H20N2O2/c1-22-17(10-11-18(22)23)19-15-8-3-4-9-16(15)21-20(19)13-6-5-7-14(12-13)24-2/h3-9,12,17,21H,10-11H2,1-2H3/t17-/m0/s1. The monoisotopic (exact) mass is 320 g/mol. The van der Waals surface area contributed by atoms with Crippen molar-refractivity contribution in [1.82, 2.24) is 9.88 Å². The second-order valence-electron chi connectivity index (χ2n) is 6.25. The summed E-state index contributed by atoms with van der Waals surface area (Å²) in [6.07, 6.45) is 1.46. The van der Waals surface area contributed by atoms with Crippen LogP contribution in [0.1, 0.15) is 24.4 Å². The van der Waals surface area contributed by atoms with E-state index in [0.29, 0.717) is 6.42 Å². The number of H-pyrrole nitrogens is 1. The van der Waals surface area contributed by atoms with E-state index >= 15 is 0 Å². The molecule has 1 fully saturated rings. The summed E-state index contributed by atoms with van der Waals surface area (Å²) in [4.78, 5) is 17.5. The van der Waals surface area contributed by atoms with E-state index in [1.807, 2.05) is 42.3 Å². The first-order valence-electron chi connectivity index (χ1n) is 8.19. The van der Waals surface area contributed by atoms with Gasteiger partial charge in [-0.1, -0.05) is 30.3 Å². The van der Waals surface area contributed by atoms with Crippen LogP contribution in [0.4, 0.5) is 0 Å². The lowest BCUT2D eigenvalue weighted by molar-refractivity contribution is -0.127. The second-order valence-corrected chi connectivity index (χ2v) is 6.25. The maximum atomic E-state index is 12.1. The van der Waals surface area contributed by atoms with Crippen molar-refractivity contribution in [3.63, 3.8) is 0 Å². The van der Waals surface area contributed by atoms with Crippen molar-refractivity contribution in [2.75, 3.05) is 14.2 Å². The number of rotatable bonds is 3. The van der Waals surface area contributed by atoms with Crippen LogP contribution in [0, 0.1) is 0 Å². The van der Waals surface area contributed by atoms with Gasteiger partial charge in [0.25, 0.3) is 0 Å². The van der Waals surface area contributed by atoms with Gasteiger partial charge >= 0.3 is 0 Å². The molecule has 4 nitrogen and oxygen atoms in total. The minimum atomic E-state index is 0.106. The number of ether oxygens (including phenoxy) is 1. The predicted octanol–water partition coefficient (Wildman–Crippen LogP) is 4.14. The fraction of sp³-hybridized carbons (Fsp3) is 0.250. The number of aromatic amines is 1. The van der Waals surface area contributed by atoms with Crippen LogP contribution in [0.5, 0.6) is 5.75 Å². The molecule has 0 aliphatic carbocycles. The van der Waals surface area contributed by atoms with E-state index in [2.05, 4.69) is 23.2 Å². The molecule has 4 rings (SSSR count). The molecular weight excluding hydrogens is 300 g/mol. The highest BCUT2D eigenvalue weighted by atomic mass is 16.5. The van der Waals surface area contributed by atoms with E-state index in [0.717, 1.165) is 28.9 Å². The number of benzene rings is 2. The molecule has 2 heterocycles. The van der Waals surface area contributed by atoms with Gasteiger partial charge in [-0.15, -0.1) is 0 Å². The average molecular weight is 320 g/mol. The molecule has 1 aliphatic heterocycles. The van der Waals surface area contributed by atoms with Gasteiger partial charge in [-0.3, -0.25) is 4.79 Å². The smallest absolute Gasteiger partial charge is 0.222 e. The molecule has 0 bridgehead atoms. The van der Waals surface area contributed by atoms with Crippen LogP contribution in [0.3, 0.4) is 0 Å². The number of carbonyl (C=O) groups is 1. The Morgan fingerprint density at radius 1 is 1.17 bits per heavy atom. The van der Waals surface area contributed by atoms with Crippen LogP contribution >= 0.6 is 0 Å². The molecule has 0 spiro atoms. The molecule has 1 atom stereocenters. The number of likely N-dealkylation sites (tertiary alicyclic amines) is 1. The zero-order valence-corrected chi connectivity index (χ0v) is 13.9. The summed E-state index contributed by atoms with van der Waals surface area (Å²) in [5.41, 5.74) is 4.44. The number of fused-ring (bicyclic) bond motifs is 1. The second kappa shape index (κ2) is 5.71. The van der Waals surface area contributed by atoms with Crippen molar-refractivity contribution in [2.24, 2.45) is 0 Å². The highest BCUT2D eigenvalue weighted by Crippen LogP contribution is 2.42. The summed E-state index contributed by atoms with van der Waals surface area (Å²) < 4.78 is 5.38. The van der Waals surface area contributed by atoms with Crippen molar-refractivity contribution in [2.45, 2.75) is 18.9 Å². The molecule has 1 amide bonds. The first kappa shape index (κ1) is 14.8. The van der Waals surface area contributed by atoms with Gasteiger partial charge in [0.1, 0.15) is 5.75 Å². The lowest BCUT2D eigenvalue weighted by Gasteiger charge is -2.21. The summed E-state index contributed by atoms with van der Waals surface area (Å²) in [7, 11) is 3.58. The number of amides is 1. The molecule has 2 aromatic carbocycles. The highest BCUT2D eigenvalue weighted by molar-refractivity contribution is 5.92.